The number of ether oxygens (including phenoxy) is 2. The second-order valence-electron chi connectivity index (χ2n) is 6.41. The average molecular weight is 425 g/mol. The number of para-hydroxylation sites is 1. The van der Waals surface area contributed by atoms with E-state index in [2.05, 4.69) is 35.9 Å². The van der Waals surface area contributed by atoms with Gasteiger partial charge in [-0.1, -0.05) is 24.3 Å². The first kappa shape index (κ1) is 22.3. The number of nitrogens with zero attached hydrogens (tertiary/aromatic N) is 4. The van der Waals surface area contributed by atoms with Gasteiger partial charge in [0.2, 0.25) is 17.8 Å². The molecule has 0 bridgehead atoms. The number of nitrogens with one attached hydrogen (secondary N) is 3. The third-order valence-electron chi connectivity index (χ3n) is 3.98. The van der Waals surface area contributed by atoms with Gasteiger partial charge in [0.15, 0.2) is 0 Å². The van der Waals surface area contributed by atoms with Gasteiger partial charge in [0.25, 0.3) is 0 Å². The van der Waals surface area contributed by atoms with Crippen molar-refractivity contribution >= 4 is 23.5 Å². The summed E-state index contributed by atoms with van der Waals surface area (Å²) >= 11 is 0. The first-order valence-corrected chi connectivity index (χ1v) is 10.1. The van der Waals surface area contributed by atoms with E-state index in [0.717, 1.165) is 11.4 Å². The Balaban J connectivity index is 1.57. The highest BCUT2D eigenvalue weighted by Crippen LogP contribution is 2.15. The van der Waals surface area contributed by atoms with Gasteiger partial charge in [-0.2, -0.15) is 15.0 Å². The monoisotopic (exact) mass is 424 g/mol. The minimum atomic E-state index is 0.434. The van der Waals surface area contributed by atoms with Crippen molar-refractivity contribution in [2.75, 3.05) is 55.5 Å². The topological polar surface area (TPSA) is 132 Å². The molecule has 0 radical (unpaired) electrons. The van der Waals surface area contributed by atoms with Crippen molar-refractivity contribution in [1.82, 2.24) is 19.9 Å². The molecule has 0 aliphatic carbocycles. The van der Waals surface area contributed by atoms with Crippen LogP contribution in [0.5, 0.6) is 0 Å². The van der Waals surface area contributed by atoms with Crippen molar-refractivity contribution in [3.63, 3.8) is 0 Å². The summed E-state index contributed by atoms with van der Waals surface area (Å²) in [4.78, 5) is 17.7. The van der Waals surface area contributed by atoms with Crippen molar-refractivity contribution in [3.8, 4) is 0 Å². The molecule has 0 saturated heterocycles. The van der Waals surface area contributed by atoms with Gasteiger partial charge in [-0.25, -0.2) is 0 Å². The molecule has 31 heavy (non-hydrogen) atoms. The van der Waals surface area contributed by atoms with E-state index in [9.17, 15) is 0 Å². The SMILES string of the molecule is NCCOCCOCCNc1nc(NCc2ccccn2)nc(Nc2ccccc2)n1. The molecule has 3 aromatic rings. The number of hydrogen-bond donors (Lipinski definition) is 4. The first-order chi connectivity index (χ1) is 15.3. The second kappa shape index (κ2) is 13.1. The Morgan fingerprint density at radius 1 is 0.742 bits per heavy atom. The molecule has 0 aliphatic rings. The van der Waals surface area contributed by atoms with E-state index < -0.39 is 0 Å². The maximum Gasteiger partial charge on any atom is 0.233 e. The van der Waals surface area contributed by atoms with Crippen LogP contribution < -0.4 is 21.7 Å². The van der Waals surface area contributed by atoms with Crippen molar-refractivity contribution in [2.24, 2.45) is 5.73 Å². The molecule has 164 valence electrons. The van der Waals surface area contributed by atoms with Crippen LogP contribution in [0.15, 0.2) is 54.7 Å². The largest absolute Gasteiger partial charge is 0.378 e. The van der Waals surface area contributed by atoms with Gasteiger partial charge < -0.3 is 31.2 Å². The zero-order valence-electron chi connectivity index (χ0n) is 17.3. The molecule has 5 N–H and O–H groups in total. The molecule has 0 atom stereocenters. The maximum atomic E-state index is 5.52. The molecule has 3 rings (SSSR count). The number of pyridine rings is 1. The number of anilines is 4. The molecular weight excluding hydrogens is 396 g/mol. The minimum Gasteiger partial charge on any atom is -0.378 e. The lowest BCUT2D eigenvalue weighted by molar-refractivity contribution is 0.0547. The number of hydrogen-bond acceptors (Lipinski definition) is 10. The van der Waals surface area contributed by atoms with Crippen LogP contribution in [0.2, 0.25) is 0 Å². The summed E-state index contributed by atoms with van der Waals surface area (Å²) in [5.74, 6) is 1.32. The van der Waals surface area contributed by atoms with Crippen LogP contribution in [0, 0.1) is 0 Å². The summed E-state index contributed by atoms with van der Waals surface area (Å²) in [6, 6.07) is 15.5. The molecule has 10 nitrogen and oxygen atoms in total. The second-order valence-corrected chi connectivity index (χ2v) is 6.41. The van der Waals surface area contributed by atoms with Gasteiger partial charge in [-0.05, 0) is 24.3 Å². The van der Waals surface area contributed by atoms with Crippen LogP contribution in [0.3, 0.4) is 0 Å². The Labute approximate surface area is 181 Å². The van der Waals surface area contributed by atoms with Gasteiger partial charge in [-0.15, -0.1) is 0 Å². The number of benzene rings is 1. The molecule has 0 unspecified atom stereocenters. The predicted molar refractivity (Wildman–Crippen MR) is 120 cm³/mol. The maximum absolute atomic E-state index is 5.52. The van der Waals surface area contributed by atoms with E-state index in [1.54, 1.807) is 6.20 Å². The molecule has 0 amide bonds. The van der Waals surface area contributed by atoms with Gasteiger partial charge in [0, 0.05) is 25.0 Å². The highest BCUT2D eigenvalue weighted by atomic mass is 16.5. The van der Waals surface area contributed by atoms with Crippen molar-refractivity contribution in [3.05, 3.63) is 60.4 Å². The highest BCUT2D eigenvalue weighted by molar-refractivity contribution is 5.55. The molecule has 2 aromatic heterocycles. The lowest BCUT2D eigenvalue weighted by Gasteiger charge is -2.11. The normalized spacial score (nSPS) is 10.6. The summed E-state index contributed by atoms with van der Waals surface area (Å²) in [6.07, 6.45) is 1.75. The molecular formula is C21H28N8O2. The predicted octanol–water partition coefficient (Wildman–Crippen LogP) is 2.03. The lowest BCUT2D eigenvalue weighted by Crippen LogP contribution is -2.17. The van der Waals surface area contributed by atoms with Gasteiger partial charge >= 0.3 is 0 Å². The van der Waals surface area contributed by atoms with E-state index in [-0.39, 0.29) is 0 Å². The summed E-state index contributed by atoms with van der Waals surface area (Å²) in [6.45, 7) is 3.63. The fourth-order valence-electron chi connectivity index (χ4n) is 2.55. The number of aromatic nitrogens is 4. The molecule has 0 fully saturated rings. The Morgan fingerprint density at radius 2 is 1.45 bits per heavy atom. The third-order valence-corrected chi connectivity index (χ3v) is 3.98. The molecule has 10 heteroatoms. The summed E-state index contributed by atoms with van der Waals surface area (Å²) < 4.78 is 10.8. The van der Waals surface area contributed by atoms with Crippen LogP contribution in [0.1, 0.15) is 5.69 Å². The zero-order chi connectivity index (χ0) is 21.6. The summed E-state index contributed by atoms with van der Waals surface area (Å²) in [5.41, 5.74) is 7.15. The molecule has 1 aromatic carbocycles. The van der Waals surface area contributed by atoms with Gasteiger partial charge in [-0.3, -0.25) is 4.98 Å². The zero-order valence-corrected chi connectivity index (χ0v) is 17.3. The van der Waals surface area contributed by atoms with Gasteiger partial charge in [0.1, 0.15) is 0 Å². The lowest BCUT2D eigenvalue weighted by atomic mass is 10.3. The first-order valence-electron chi connectivity index (χ1n) is 10.1. The summed E-state index contributed by atoms with van der Waals surface area (Å²) in [7, 11) is 0. The molecule has 0 saturated carbocycles. The van der Waals surface area contributed by atoms with Crippen molar-refractivity contribution in [1.29, 1.82) is 0 Å². The Bertz CT molecular complexity index is 883. The molecule has 2 heterocycles. The Morgan fingerprint density at radius 3 is 2.19 bits per heavy atom. The van der Waals surface area contributed by atoms with E-state index in [1.807, 2.05) is 48.5 Å². The number of rotatable bonds is 14. The Kier molecular flexibility index (Phi) is 9.42. The number of nitrogens with two attached hydrogens (primary N) is 1. The van der Waals surface area contributed by atoms with E-state index in [4.69, 9.17) is 15.2 Å². The van der Waals surface area contributed by atoms with Crippen LogP contribution in [-0.4, -0.2) is 59.5 Å². The third kappa shape index (κ3) is 8.51. The van der Waals surface area contributed by atoms with E-state index in [1.165, 1.54) is 0 Å². The fourth-order valence-corrected chi connectivity index (χ4v) is 2.55. The van der Waals surface area contributed by atoms with Crippen LogP contribution in [0.25, 0.3) is 0 Å². The fraction of sp³-hybridized carbons (Fsp3) is 0.333. The highest BCUT2D eigenvalue weighted by Gasteiger charge is 2.07. The molecule has 0 spiro atoms. The van der Waals surface area contributed by atoms with Crippen LogP contribution >= 0.6 is 0 Å². The Hall–Kier alpha value is -3.34. The minimum absolute atomic E-state index is 0.434. The van der Waals surface area contributed by atoms with Crippen LogP contribution in [0.4, 0.5) is 23.5 Å². The van der Waals surface area contributed by atoms with E-state index >= 15 is 0 Å². The van der Waals surface area contributed by atoms with Crippen LogP contribution in [-0.2, 0) is 16.0 Å². The van der Waals surface area contributed by atoms with Crippen molar-refractivity contribution < 1.29 is 9.47 Å². The molecule has 0 aliphatic heterocycles. The quantitative estimate of drug-likeness (QED) is 0.285. The smallest absolute Gasteiger partial charge is 0.233 e. The summed E-state index contributed by atoms with van der Waals surface area (Å²) in [5, 5.41) is 9.56. The standard InChI is InChI=1S/C21H28N8O2/c22-9-12-30-14-15-31-13-11-24-19-27-20(25-16-18-8-4-5-10-23-18)29-21(28-19)26-17-6-2-1-3-7-17/h1-8,10H,9,11-16,22H2,(H3,24,25,26,27,28,29). The average Bonchev–Trinajstić information content (AvgIpc) is 2.81. The van der Waals surface area contributed by atoms with Gasteiger partial charge in [0.05, 0.1) is 38.7 Å². The van der Waals surface area contributed by atoms with Crippen molar-refractivity contribution in [2.45, 2.75) is 6.54 Å². The van der Waals surface area contributed by atoms with E-state index in [0.29, 0.717) is 63.9 Å².